The predicted molar refractivity (Wildman–Crippen MR) is 46.7 cm³/mol. The molecular weight excluding hydrogens is 198 g/mol. The summed E-state index contributed by atoms with van der Waals surface area (Å²) in [6, 6.07) is 4.41. The van der Waals surface area contributed by atoms with E-state index in [1.807, 2.05) is 0 Å². The maximum absolute atomic E-state index is 12.5. The first-order valence-electron chi connectivity index (χ1n) is 3.24. The molecule has 56 valence electrons. The summed E-state index contributed by atoms with van der Waals surface area (Å²) in [6.07, 6.45) is 0. The van der Waals surface area contributed by atoms with Gasteiger partial charge in [0.2, 0.25) is 0 Å². The van der Waals surface area contributed by atoms with E-state index < -0.39 is 19.3 Å². The van der Waals surface area contributed by atoms with Gasteiger partial charge in [-0.2, -0.15) is 0 Å². The van der Waals surface area contributed by atoms with E-state index in [2.05, 4.69) is 0 Å². The van der Waals surface area contributed by atoms with Crippen molar-refractivity contribution in [3.05, 3.63) is 34.6 Å². The molecule has 1 rings (SSSR count). The van der Waals surface area contributed by atoms with Gasteiger partial charge in [0.1, 0.15) is 5.82 Å². The van der Waals surface area contributed by atoms with Crippen LogP contribution < -0.4 is 0 Å². The van der Waals surface area contributed by atoms with Gasteiger partial charge in [-0.3, -0.25) is 0 Å². The van der Waals surface area contributed by atoms with Crippen LogP contribution >= 0.6 is 20.7 Å². The molecule has 0 amide bonds. The molecule has 0 spiro atoms. The van der Waals surface area contributed by atoms with Crippen LogP contribution in [0.1, 0.15) is 5.56 Å². The topological polar surface area (TPSA) is 0 Å². The van der Waals surface area contributed by atoms with Crippen molar-refractivity contribution in [2.75, 3.05) is 0 Å². The van der Waals surface area contributed by atoms with E-state index >= 15 is 0 Å². The van der Waals surface area contributed by atoms with Gasteiger partial charge in [-0.05, 0) is 12.1 Å². The number of rotatable bonds is 2. The minimum atomic E-state index is -0.553. The molecule has 0 N–H and O–H groups in total. The molecule has 1 aromatic rings. The lowest BCUT2D eigenvalue weighted by Gasteiger charge is -1.99. The lowest BCUT2D eigenvalue weighted by Crippen LogP contribution is -1.90. The Hall–Kier alpha value is 0.496. The van der Waals surface area contributed by atoms with Crippen molar-refractivity contribution in [2.45, 2.75) is 4.55 Å². The highest BCUT2D eigenvalue weighted by atomic mass is 35.5. The summed E-state index contributed by atoms with van der Waals surface area (Å²) in [5.74, 6) is -0.296. The first-order chi connectivity index (χ1) is 5.24. The molecule has 0 bridgehead atoms. The van der Waals surface area contributed by atoms with Crippen LogP contribution in [0.5, 0.6) is 0 Å². The average Bonchev–Trinajstić information content (AvgIpc) is 1.95. The number of benzene rings is 1. The summed E-state index contributed by atoms with van der Waals surface area (Å²) >= 11 is 5.18. The third-order valence-electron chi connectivity index (χ3n) is 1.38. The highest BCUT2D eigenvalue weighted by Crippen LogP contribution is 2.17. The Morgan fingerprint density at radius 1 is 1.45 bits per heavy atom. The van der Waals surface area contributed by atoms with Gasteiger partial charge >= 0.3 is 19.3 Å². The zero-order valence-corrected chi connectivity index (χ0v) is 8.71. The zero-order valence-electron chi connectivity index (χ0n) is 5.78. The summed E-state index contributed by atoms with van der Waals surface area (Å²) in [6.45, 7) is 0. The van der Waals surface area contributed by atoms with Crippen molar-refractivity contribution in [1.82, 2.24) is 0 Å². The van der Waals surface area contributed by atoms with Crippen molar-refractivity contribution in [3.8, 4) is 0 Å². The molecular formula is C7H5Cl2FMg. The van der Waals surface area contributed by atoms with Crippen LogP contribution in [-0.4, -0.2) is 19.3 Å². The minimum Gasteiger partial charge on any atom is -0.345 e. The van der Waals surface area contributed by atoms with Crippen LogP contribution in [0, 0.1) is 5.82 Å². The average molecular weight is 203 g/mol. The highest BCUT2D eigenvalue weighted by molar-refractivity contribution is 6.93. The van der Waals surface area contributed by atoms with Gasteiger partial charge in [-0.25, -0.2) is 4.39 Å². The van der Waals surface area contributed by atoms with E-state index in [0.29, 0.717) is 5.02 Å². The second-order valence-electron chi connectivity index (χ2n) is 2.17. The molecule has 0 aliphatic heterocycles. The largest absolute Gasteiger partial charge is 0.505 e. The van der Waals surface area contributed by atoms with Crippen LogP contribution in [-0.2, 0) is 4.55 Å². The Bertz CT molecular complexity index is 252. The fourth-order valence-corrected chi connectivity index (χ4v) is 2.50. The molecule has 0 unspecified atom stereocenters. The molecule has 0 aliphatic rings. The van der Waals surface area contributed by atoms with Gasteiger partial charge in [-0.1, -0.05) is 27.8 Å². The molecule has 0 aromatic heterocycles. The molecule has 11 heavy (non-hydrogen) atoms. The van der Waals surface area contributed by atoms with Gasteiger partial charge in [0.25, 0.3) is 0 Å². The van der Waals surface area contributed by atoms with Crippen LogP contribution in [0.4, 0.5) is 4.39 Å². The summed E-state index contributed by atoms with van der Waals surface area (Å²) < 4.78 is 13.3. The Kier molecular flexibility index (Phi) is 3.92. The van der Waals surface area contributed by atoms with E-state index in [0.717, 1.165) is 10.1 Å². The zero-order chi connectivity index (χ0) is 8.27. The molecule has 0 aliphatic carbocycles. The second kappa shape index (κ2) is 4.50. The first kappa shape index (κ1) is 9.58. The standard InChI is InChI=1S/C7H5ClF.ClH.Mg/c1-5-2-3-6(9)4-7(5)8;;/h2-4H,1H2;1H;/q;;+1/p-1. The molecule has 0 nitrogen and oxygen atoms in total. The van der Waals surface area contributed by atoms with Crippen molar-refractivity contribution in [2.24, 2.45) is 0 Å². The van der Waals surface area contributed by atoms with Gasteiger partial charge in [0, 0.05) is 5.02 Å². The van der Waals surface area contributed by atoms with Gasteiger partial charge in [0.15, 0.2) is 0 Å². The third-order valence-corrected chi connectivity index (χ3v) is 3.03. The third kappa shape index (κ3) is 2.78. The van der Waals surface area contributed by atoms with E-state index in [4.69, 9.17) is 20.7 Å². The van der Waals surface area contributed by atoms with E-state index in [1.54, 1.807) is 6.07 Å². The Labute approximate surface area is 83.2 Å². The summed E-state index contributed by atoms with van der Waals surface area (Å²) in [4.78, 5) is 0. The molecule has 0 heterocycles. The second-order valence-corrected chi connectivity index (χ2v) is 4.59. The summed E-state index contributed by atoms with van der Waals surface area (Å²) in [7, 11) is 5.63. The minimum absolute atomic E-state index is 0.296. The van der Waals surface area contributed by atoms with Gasteiger partial charge in [-0.15, -0.1) is 0 Å². The lowest BCUT2D eigenvalue weighted by atomic mass is 10.2. The number of hydrogen-bond acceptors (Lipinski definition) is 0. The lowest BCUT2D eigenvalue weighted by molar-refractivity contribution is 0.627. The fraction of sp³-hybridized carbons (Fsp3) is 0.143. The van der Waals surface area contributed by atoms with Crippen LogP contribution in [0.2, 0.25) is 5.02 Å². The molecule has 0 radical (unpaired) electrons. The monoisotopic (exact) mass is 202 g/mol. The Balaban J connectivity index is 2.90. The molecule has 0 atom stereocenters. The number of hydrogen-bond donors (Lipinski definition) is 0. The predicted octanol–water partition coefficient (Wildman–Crippen LogP) is 2.84. The first-order valence-corrected chi connectivity index (χ1v) is 6.75. The van der Waals surface area contributed by atoms with Crippen LogP contribution in [0.25, 0.3) is 0 Å². The summed E-state index contributed by atoms with van der Waals surface area (Å²) in [5.41, 5.74) is 0.953. The number of halogens is 3. The van der Waals surface area contributed by atoms with E-state index in [-0.39, 0.29) is 5.82 Å². The highest BCUT2D eigenvalue weighted by Gasteiger charge is 2.01. The molecule has 0 fully saturated rings. The van der Waals surface area contributed by atoms with E-state index in [9.17, 15) is 4.39 Å². The van der Waals surface area contributed by atoms with Crippen molar-refractivity contribution in [3.63, 3.8) is 0 Å². The van der Waals surface area contributed by atoms with Crippen LogP contribution in [0.15, 0.2) is 18.2 Å². The smallest absolute Gasteiger partial charge is 0.345 e. The van der Waals surface area contributed by atoms with Crippen molar-refractivity contribution >= 4 is 39.9 Å². The fourth-order valence-electron chi connectivity index (χ4n) is 0.826. The summed E-state index contributed by atoms with van der Waals surface area (Å²) in [5, 5.41) is 0.484. The SMILES string of the molecule is Fc1ccc([CH2][Mg][Cl])c(Cl)c1. The van der Waals surface area contributed by atoms with Crippen LogP contribution in [0.3, 0.4) is 0 Å². The quantitative estimate of drug-likeness (QED) is 0.648. The van der Waals surface area contributed by atoms with Crippen molar-refractivity contribution < 1.29 is 4.39 Å². The molecule has 0 saturated carbocycles. The molecule has 4 heteroatoms. The molecule has 1 aromatic carbocycles. The Morgan fingerprint density at radius 3 is 2.73 bits per heavy atom. The van der Waals surface area contributed by atoms with Gasteiger partial charge < -0.3 is 9.07 Å². The Morgan fingerprint density at radius 2 is 2.18 bits per heavy atom. The van der Waals surface area contributed by atoms with E-state index in [1.165, 1.54) is 12.1 Å². The maximum Gasteiger partial charge on any atom is 0.505 e. The normalized spacial score (nSPS) is 9.36. The maximum atomic E-state index is 12.5. The molecule has 0 saturated heterocycles. The van der Waals surface area contributed by atoms with Gasteiger partial charge in [0.05, 0.1) is 0 Å². The van der Waals surface area contributed by atoms with Crippen molar-refractivity contribution in [1.29, 1.82) is 0 Å².